The van der Waals surface area contributed by atoms with Crippen molar-refractivity contribution >= 4 is 21.7 Å². The van der Waals surface area contributed by atoms with Crippen LogP contribution in [0.4, 0.5) is 0 Å². The van der Waals surface area contributed by atoms with Gasteiger partial charge in [-0.15, -0.1) is 0 Å². The molecule has 0 bridgehead atoms. The second kappa shape index (κ2) is 6.02. The van der Waals surface area contributed by atoms with Crippen molar-refractivity contribution in [1.29, 1.82) is 0 Å². The Morgan fingerprint density at radius 3 is 2.68 bits per heavy atom. The Balaban J connectivity index is 2.23. The lowest BCUT2D eigenvalue weighted by Gasteiger charge is -2.07. The molecule has 0 saturated carbocycles. The summed E-state index contributed by atoms with van der Waals surface area (Å²) in [5.41, 5.74) is 2.77. The Bertz CT molecular complexity index is 605. The number of carbonyl (C=O) groups excluding carboxylic acids is 1. The molecule has 0 aliphatic heterocycles. The van der Waals surface area contributed by atoms with E-state index in [9.17, 15) is 4.79 Å². The van der Waals surface area contributed by atoms with Crippen LogP contribution in [0.15, 0.2) is 46.9 Å². The first-order valence-electron chi connectivity index (χ1n) is 6.02. The Morgan fingerprint density at radius 2 is 2.00 bits per heavy atom. The van der Waals surface area contributed by atoms with E-state index in [0.717, 1.165) is 26.9 Å². The van der Waals surface area contributed by atoms with Gasteiger partial charge in [0.15, 0.2) is 5.78 Å². The molecular weight excluding hydrogens is 304 g/mol. The average Bonchev–Trinajstić information content (AvgIpc) is 2.41. The molecule has 98 valence electrons. The number of aryl methyl sites for hydroxylation is 1. The minimum Gasteiger partial charge on any atom is -0.497 e. The molecule has 0 fully saturated rings. The molecule has 0 aliphatic carbocycles. The van der Waals surface area contributed by atoms with Gasteiger partial charge >= 0.3 is 0 Å². The Morgan fingerprint density at radius 1 is 1.21 bits per heavy atom. The zero-order chi connectivity index (χ0) is 13.8. The highest BCUT2D eigenvalue weighted by Crippen LogP contribution is 2.24. The smallest absolute Gasteiger partial charge is 0.167 e. The minimum absolute atomic E-state index is 0.109. The summed E-state index contributed by atoms with van der Waals surface area (Å²) in [4.78, 5) is 12.3. The van der Waals surface area contributed by atoms with Gasteiger partial charge in [0.1, 0.15) is 5.75 Å². The number of Topliss-reactive ketones (excluding diaryl/α,β-unsaturated/α-hetero) is 1. The first kappa shape index (κ1) is 13.8. The topological polar surface area (TPSA) is 26.3 Å². The molecule has 0 N–H and O–H groups in total. The van der Waals surface area contributed by atoms with Crippen molar-refractivity contribution in [2.75, 3.05) is 7.11 Å². The molecule has 0 radical (unpaired) electrons. The van der Waals surface area contributed by atoms with Crippen molar-refractivity contribution in [3.63, 3.8) is 0 Å². The van der Waals surface area contributed by atoms with Crippen molar-refractivity contribution in [2.45, 2.75) is 13.3 Å². The number of carbonyl (C=O) groups is 1. The molecule has 0 aliphatic rings. The fourth-order valence-electron chi connectivity index (χ4n) is 1.91. The van der Waals surface area contributed by atoms with Crippen LogP contribution in [0.5, 0.6) is 5.75 Å². The largest absolute Gasteiger partial charge is 0.497 e. The van der Waals surface area contributed by atoms with Gasteiger partial charge in [0.2, 0.25) is 0 Å². The fraction of sp³-hybridized carbons (Fsp3) is 0.188. The standard InChI is InChI=1S/C16H15BrO2/c1-11-4-3-5-12(8-11)16(18)10-13-9-14(19-2)6-7-15(13)17/h3-9H,10H2,1-2H3. The molecule has 0 unspecified atom stereocenters. The van der Waals surface area contributed by atoms with Gasteiger partial charge in [-0.3, -0.25) is 4.79 Å². The second-order valence-corrected chi connectivity index (χ2v) is 5.28. The first-order chi connectivity index (χ1) is 9.10. The summed E-state index contributed by atoms with van der Waals surface area (Å²) >= 11 is 3.47. The van der Waals surface area contributed by atoms with Gasteiger partial charge < -0.3 is 4.74 Å². The first-order valence-corrected chi connectivity index (χ1v) is 6.81. The molecule has 0 atom stereocenters. The monoisotopic (exact) mass is 318 g/mol. The summed E-state index contributed by atoms with van der Waals surface area (Å²) in [6, 6.07) is 13.3. The van der Waals surface area contributed by atoms with Crippen LogP contribution >= 0.6 is 15.9 Å². The third kappa shape index (κ3) is 3.44. The van der Waals surface area contributed by atoms with E-state index in [4.69, 9.17) is 4.74 Å². The fourth-order valence-corrected chi connectivity index (χ4v) is 2.29. The molecule has 0 saturated heterocycles. The van der Waals surface area contributed by atoms with Crippen LogP contribution in [0, 0.1) is 6.92 Å². The van der Waals surface area contributed by atoms with E-state index in [-0.39, 0.29) is 5.78 Å². The minimum atomic E-state index is 0.109. The number of ether oxygens (including phenoxy) is 1. The Kier molecular flexibility index (Phi) is 4.38. The molecule has 2 aromatic carbocycles. The number of hydrogen-bond acceptors (Lipinski definition) is 2. The van der Waals surface area contributed by atoms with Gasteiger partial charge in [0, 0.05) is 16.5 Å². The number of ketones is 1. The summed E-state index contributed by atoms with van der Waals surface area (Å²) in [6.45, 7) is 1.98. The maximum Gasteiger partial charge on any atom is 0.167 e. The van der Waals surface area contributed by atoms with E-state index in [2.05, 4.69) is 15.9 Å². The van der Waals surface area contributed by atoms with Crippen LogP contribution in [0.3, 0.4) is 0 Å². The highest BCUT2D eigenvalue weighted by Gasteiger charge is 2.10. The summed E-state index contributed by atoms with van der Waals surface area (Å²) in [6.07, 6.45) is 0.362. The maximum atomic E-state index is 12.3. The molecular formula is C16H15BrO2. The molecule has 2 rings (SSSR count). The number of methoxy groups -OCH3 is 1. The zero-order valence-corrected chi connectivity index (χ0v) is 12.5. The van der Waals surface area contributed by atoms with Crippen LogP contribution < -0.4 is 4.74 Å². The molecule has 2 aromatic rings. The summed E-state index contributed by atoms with van der Waals surface area (Å²) in [5.74, 6) is 0.868. The molecule has 0 aromatic heterocycles. The Labute approximate surface area is 121 Å². The lowest BCUT2D eigenvalue weighted by molar-refractivity contribution is 0.0992. The quantitative estimate of drug-likeness (QED) is 0.790. The van der Waals surface area contributed by atoms with E-state index >= 15 is 0 Å². The predicted octanol–water partition coefficient (Wildman–Crippen LogP) is 4.19. The van der Waals surface area contributed by atoms with Crippen LogP contribution in [-0.2, 0) is 6.42 Å². The van der Waals surface area contributed by atoms with E-state index in [1.165, 1.54) is 0 Å². The summed E-state index contributed by atoms with van der Waals surface area (Å²) in [7, 11) is 1.62. The van der Waals surface area contributed by atoms with Gasteiger partial charge in [0.25, 0.3) is 0 Å². The van der Waals surface area contributed by atoms with E-state index in [1.807, 2.05) is 49.4 Å². The number of halogens is 1. The average molecular weight is 319 g/mol. The second-order valence-electron chi connectivity index (χ2n) is 4.43. The van der Waals surface area contributed by atoms with E-state index in [0.29, 0.717) is 6.42 Å². The van der Waals surface area contributed by atoms with Gasteiger partial charge in [-0.2, -0.15) is 0 Å². The van der Waals surface area contributed by atoms with Crippen LogP contribution in [-0.4, -0.2) is 12.9 Å². The molecule has 0 spiro atoms. The van der Waals surface area contributed by atoms with Crippen molar-refractivity contribution in [3.05, 3.63) is 63.6 Å². The molecule has 3 heteroatoms. The van der Waals surface area contributed by atoms with Crippen molar-refractivity contribution in [1.82, 2.24) is 0 Å². The van der Waals surface area contributed by atoms with Gasteiger partial charge in [-0.25, -0.2) is 0 Å². The van der Waals surface area contributed by atoms with Gasteiger partial charge in [0.05, 0.1) is 7.11 Å². The van der Waals surface area contributed by atoms with Crippen molar-refractivity contribution < 1.29 is 9.53 Å². The SMILES string of the molecule is COc1ccc(Br)c(CC(=O)c2cccc(C)c2)c1. The molecule has 0 amide bonds. The molecule has 2 nitrogen and oxygen atoms in total. The van der Waals surface area contributed by atoms with Crippen LogP contribution in [0.1, 0.15) is 21.5 Å². The number of benzene rings is 2. The summed E-state index contributed by atoms with van der Waals surface area (Å²) < 4.78 is 6.11. The number of hydrogen-bond donors (Lipinski definition) is 0. The highest BCUT2D eigenvalue weighted by atomic mass is 79.9. The lowest BCUT2D eigenvalue weighted by Crippen LogP contribution is -2.04. The third-order valence-electron chi connectivity index (χ3n) is 2.94. The molecule has 0 heterocycles. The maximum absolute atomic E-state index is 12.3. The Hall–Kier alpha value is -1.61. The van der Waals surface area contributed by atoms with E-state index < -0.39 is 0 Å². The number of rotatable bonds is 4. The summed E-state index contributed by atoms with van der Waals surface area (Å²) in [5, 5.41) is 0. The van der Waals surface area contributed by atoms with Crippen LogP contribution in [0.2, 0.25) is 0 Å². The zero-order valence-electron chi connectivity index (χ0n) is 10.9. The normalized spacial score (nSPS) is 10.3. The van der Waals surface area contributed by atoms with Crippen molar-refractivity contribution in [3.8, 4) is 5.75 Å². The molecule has 19 heavy (non-hydrogen) atoms. The van der Waals surface area contributed by atoms with Gasteiger partial charge in [-0.1, -0.05) is 39.7 Å². The van der Waals surface area contributed by atoms with Crippen molar-refractivity contribution in [2.24, 2.45) is 0 Å². The third-order valence-corrected chi connectivity index (χ3v) is 3.72. The highest BCUT2D eigenvalue weighted by molar-refractivity contribution is 9.10. The van der Waals surface area contributed by atoms with Gasteiger partial charge in [-0.05, 0) is 36.8 Å². The predicted molar refractivity (Wildman–Crippen MR) is 79.9 cm³/mol. The lowest BCUT2D eigenvalue weighted by atomic mass is 10.0. The van der Waals surface area contributed by atoms with Crippen LogP contribution in [0.25, 0.3) is 0 Å². The van der Waals surface area contributed by atoms with E-state index in [1.54, 1.807) is 7.11 Å².